The molecule has 0 aliphatic rings. The van der Waals surface area contributed by atoms with E-state index in [0.29, 0.717) is 17.8 Å². The molecule has 2 aromatic rings. The Bertz CT molecular complexity index is 609. The molecule has 0 aliphatic heterocycles. The molecule has 0 aromatic heterocycles. The second-order valence-electron chi connectivity index (χ2n) is 5.10. The number of anilines is 1. The largest absolute Gasteiger partial charge is 0.497 e. The molecular formula is C19H26N2O2. The van der Waals surface area contributed by atoms with Gasteiger partial charge in [-0.05, 0) is 48.5 Å². The van der Waals surface area contributed by atoms with Crippen molar-refractivity contribution in [3.8, 4) is 5.75 Å². The van der Waals surface area contributed by atoms with E-state index >= 15 is 0 Å². The summed E-state index contributed by atoms with van der Waals surface area (Å²) in [4.78, 5) is 13.2. The van der Waals surface area contributed by atoms with Crippen LogP contribution in [0.4, 0.5) is 5.69 Å². The SMILES string of the molecule is CC.COc1ccc(CN(C)Cc2cc(N)ccc2C=O)cc1. The summed E-state index contributed by atoms with van der Waals surface area (Å²) in [5.74, 6) is 0.848. The van der Waals surface area contributed by atoms with Gasteiger partial charge in [-0.15, -0.1) is 0 Å². The topological polar surface area (TPSA) is 55.6 Å². The molecule has 124 valence electrons. The first-order valence-corrected chi connectivity index (χ1v) is 7.77. The zero-order valence-corrected chi connectivity index (χ0v) is 14.4. The summed E-state index contributed by atoms with van der Waals surface area (Å²) in [5, 5.41) is 0. The number of nitrogens with two attached hydrogens (primary N) is 1. The number of methoxy groups -OCH3 is 1. The minimum Gasteiger partial charge on any atom is -0.497 e. The molecule has 0 fully saturated rings. The molecule has 0 radical (unpaired) electrons. The lowest BCUT2D eigenvalue weighted by molar-refractivity contribution is 0.112. The van der Waals surface area contributed by atoms with Gasteiger partial charge in [0.1, 0.15) is 12.0 Å². The summed E-state index contributed by atoms with van der Waals surface area (Å²) in [5.41, 5.74) is 9.29. The monoisotopic (exact) mass is 314 g/mol. The molecular weight excluding hydrogens is 288 g/mol. The van der Waals surface area contributed by atoms with Crippen LogP contribution in [0.1, 0.15) is 35.3 Å². The van der Waals surface area contributed by atoms with Crippen LogP contribution in [-0.2, 0) is 13.1 Å². The Hall–Kier alpha value is -2.33. The number of carbonyl (C=O) groups is 1. The van der Waals surface area contributed by atoms with Crippen molar-refractivity contribution in [1.29, 1.82) is 0 Å². The van der Waals surface area contributed by atoms with Crippen LogP contribution in [0.25, 0.3) is 0 Å². The van der Waals surface area contributed by atoms with Gasteiger partial charge in [0.05, 0.1) is 7.11 Å². The average molecular weight is 314 g/mol. The van der Waals surface area contributed by atoms with Crippen LogP contribution in [0.15, 0.2) is 42.5 Å². The van der Waals surface area contributed by atoms with Gasteiger partial charge < -0.3 is 10.5 Å². The highest BCUT2D eigenvalue weighted by atomic mass is 16.5. The predicted molar refractivity (Wildman–Crippen MR) is 95.8 cm³/mol. The maximum absolute atomic E-state index is 11.1. The molecule has 2 N–H and O–H groups in total. The number of carbonyl (C=O) groups excluding carboxylic acids is 1. The van der Waals surface area contributed by atoms with Gasteiger partial charge >= 0.3 is 0 Å². The van der Waals surface area contributed by atoms with E-state index in [9.17, 15) is 4.79 Å². The van der Waals surface area contributed by atoms with Gasteiger partial charge in [-0.25, -0.2) is 0 Å². The molecule has 0 unspecified atom stereocenters. The molecule has 0 saturated carbocycles. The summed E-state index contributed by atoms with van der Waals surface area (Å²) < 4.78 is 5.15. The van der Waals surface area contributed by atoms with Gasteiger partial charge in [0, 0.05) is 24.3 Å². The van der Waals surface area contributed by atoms with Crippen molar-refractivity contribution in [2.24, 2.45) is 0 Å². The fraction of sp³-hybridized carbons (Fsp3) is 0.316. The minimum atomic E-state index is 0.672. The maximum Gasteiger partial charge on any atom is 0.150 e. The Morgan fingerprint density at radius 2 is 1.74 bits per heavy atom. The van der Waals surface area contributed by atoms with Crippen molar-refractivity contribution < 1.29 is 9.53 Å². The van der Waals surface area contributed by atoms with Crippen molar-refractivity contribution in [2.75, 3.05) is 19.9 Å². The first-order valence-electron chi connectivity index (χ1n) is 7.77. The standard InChI is InChI=1S/C17H20N2O2.C2H6/c1-19(10-13-3-7-17(21-2)8-4-13)11-15-9-16(18)6-5-14(15)12-20;1-2/h3-9,12H,10-11,18H2,1-2H3;1-2H3. The third kappa shape index (κ3) is 5.75. The number of aldehydes is 1. The molecule has 0 spiro atoms. The van der Waals surface area contributed by atoms with Crippen LogP contribution >= 0.6 is 0 Å². The lowest BCUT2D eigenvalue weighted by Gasteiger charge is -2.18. The molecule has 4 heteroatoms. The smallest absolute Gasteiger partial charge is 0.150 e. The predicted octanol–water partition coefficient (Wildman–Crippen LogP) is 3.75. The van der Waals surface area contributed by atoms with E-state index in [1.54, 1.807) is 19.2 Å². The molecule has 0 atom stereocenters. The lowest BCUT2D eigenvalue weighted by Crippen LogP contribution is -2.18. The molecule has 0 amide bonds. The summed E-state index contributed by atoms with van der Waals surface area (Å²) >= 11 is 0. The number of hydrogen-bond donors (Lipinski definition) is 1. The number of hydrogen-bond acceptors (Lipinski definition) is 4. The highest BCUT2D eigenvalue weighted by Gasteiger charge is 2.07. The summed E-state index contributed by atoms with van der Waals surface area (Å²) in [7, 11) is 3.67. The molecule has 2 rings (SSSR count). The van der Waals surface area contributed by atoms with Crippen molar-refractivity contribution in [3.63, 3.8) is 0 Å². The van der Waals surface area contributed by atoms with Crippen molar-refractivity contribution in [3.05, 3.63) is 59.2 Å². The van der Waals surface area contributed by atoms with E-state index in [2.05, 4.69) is 4.90 Å². The quantitative estimate of drug-likeness (QED) is 0.652. The highest BCUT2D eigenvalue weighted by Crippen LogP contribution is 2.16. The maximum atomic E-state index is 11.1. The van der Waals surface area contributed by atoms with Gasteiger partial charge in [0.25, 0.3) is 0 Å². The van der Waals surface area contributed by atoms with Gasteiger partial charge in [0.15, 0.2) is 0 Å². The van der Waals surface area contributed by atoms with E-state index in [-0.39, 0.29) is 0 Å². The fourth-order valence-corrected chi connectivity index (χ4v) is 2.27. The Morgan fingerprint density at radius 3 is 2.30 bits per heavy atom. The number of nitrogen functional groups attached to an aromatic ring is 1. The van der Waals surface area contributed by atoms with Crippen LogP contribution in [0.3, 0.4) is 0 Å². The fourth-order valence-electron chi connectivity index (χ4n) is 2.27. The van der Waals surface area contributed by atoms with Crippen LogP contribution in [0, 0.1) is 0 Å². The van der Waals surface area contributed by atoms with E-state index in [1.165, 1.54) is 5.56 Å². The second-order valence-corrected chi connectivity index (χ2v) is 5.10. The Labute approximate surface area is 138 Å². The minimum absolute atomic E-state index is 0.672. The summed E-state index contributed by atoms with van der Waals surface area (Å²) in [6, 6.07) is 13.3. The molecule has 23 heavy (non-hydrogen) atoms. The lowest BCUT2D eigenvalue weighted by atomic mass is 10.1. The molecule has 4 nitrogen and oxygen atoms in total. The first-order chi connectivity index (χ1) is 11.1. The van der Waals surface area contributed by atoms with Crippen molar-refractivity contribution in [2.45, 2.75) is 26.9 Å². The van der Waals surface area contributed by atoms with E-state index in [1.807, 2.05) is 51.2 Å². The highest BCUT2D eigenvalue weighted by molar-refractivity contribution is 5.78. The Balaban J connectivity index is 0.00000127. The molecule has 0 saturated heterocycles. The van der Waals surface area contributed by atoms with Crippen molar-refractivity contribution in [1.82, 2.24) is 4.90 Å². The van der Waals surface area contributed by atoms with Crippen molar-refractivity contribution >= 4 is 12.0 Å². The Kier molecular flexibility index (Phi) is 7.84. The zero-order chi connectivity index (χ0) is 17.2. The van der Waals surface area contributed by atoms with E-state index < -0.39 is 0 Å². The van der Waals surface area contributed by atoms with Crippen LogP contribution in [0.2, 0.25) is 0 Å². The van der Waals surface area contributed by atoms with Crippen LogP contribution in [-0.4, -0.2) is 25.3 Å². The number of nitrogens with zero attached hydrogens (tertiary/aromatic N) is 1. The third-order valence-corrected chi connectivity index (χ3v) is 3.35. The normalized spacial score (nSPS) is 9.96. The van der Waals surface area contributed by atoms with Gasteiger partial charge in [-0.1, -0.05) is 26.0 Å². The first kappa shape index (κ1) is 18.7. The zero-order valence-electron chi connectivity index (χ0n) is 14.4. The summed E-state index contributed by atoms with van der Waals surface area (Å²) in [6.07, 6.45) is 0.871. The van der Waals surface area contributed by atoms with Gasteiger partial charge in [0.2, 0.25) is 0 Å². The molecule has 0 aliphatic carbocycles. The summed E-state index contributed by atoms with van der Waals surface area (Å²) in [6.45, 7) is 5.46. The van der Waals surface area contributed by atoms with Gasteiger partial charge in [-0.2, -0.15) is 0 Å². The average Bonchev–Trinajstić information content (AvgIpc) is 2.57. The number of ether oxygens (including phenoxy) is 1. The van der Waals surface area contributed by atoms with Gasteiger partial charge in [-0.3, -0.25) is 9.69 Å². The van der Waals surface area contributed by atoms with Crippen LogP contribution < -0.4 is 10.5 Å². The number of rotatable bonds is 6. The molecule has 0 bridgehead atoms. The Morgan fingerprint density at radius 1 is 1.09 bits per heavy atom. The third-order valence-electron chi connectivity index (χ3n) is 3.35. The molecule has 2 aromatic carbocycles. The number of benzene rings is 2. The van der Waals surface area contributed by atoms with E-state index in [4.69, 9.17) is 10.5 Å². The van der Waals surface area contributed by atoms with Crippen LogP contribution in [0.5, 0.6) is 5.75 Å². The van der Waals surface area contributed by atoms with E-state index in [0.717, 1.165) is 24.1 Å². The second kappa shape index (κ2) is 9.64. The molecule has 0 heterocycles.